The zero-order valence-electron chi connectivity index (χ0n) is 21.2. The number of aromatic nitrogens is 2. The van der Waals surface area contributed by atoms with Crippen LogP contribution in [0.1, 0.15) is 55.2 Å². The van der Waals surface area contributed by atoms with Crippen LogP contribution >= 0.6 is 0 Å². The van der Waals surface area contributed by atoms with Crippen LogP contribution < -0.4 is 10.2 Å². The van der Waals surface area contributed by atoms with Crippen molar-refractivity contribution < 1.29 is 31.1 Å². The molecule has 36 heavy (non-hydrogen) atoms. The van der Waals surface area contributed by atoms with E-state index in [9.17, 15) is 26.4 Å². The van der Waals surface area contributed by atoms with Crippen molar-refractivity contribution in [3.05, 3.63) is 46.6 Å². The summed E-state index contributed by atoms with van der Waals surface area (Å²) >= 11 is 0. The van der Waals surface area contributed by atoms with Crippen molar-refractivity contribution in [1.29, 1.82) is 0 Å². The van der Waals surface area contributed by atoms with Crippen molar-refractivity contribution in [2.45, 2.75) is 57.9 Å². The molecule has 1 N–H and O–H groups in total. The summed E-state index contributed by atoms with van der Waals surface area (Å²) in [6.07, 6.45) is -3.08. The molecule has 9 nitrogen and oxygen atoms in total. The Morgan fingerprint density at radius 2 is 1.89 bits per heavy atom. The van der Waals surface area contributed by atoms with E-state index < -0.39 is 33.4 Å². The SMILES string of the molecule is CN(C)S(=O)(=O)Nc1ccc(C(F)(F)F)cc1C(=O)N=c1cc(C(C)(C)C)n(C)n1C[C@H]1CCCO1. The van der Waals surface area contributed by atoms with Crippen molar-refractivity contribution in [1.82, 2.24) is 13.7 Å². The van der Waals surface area contributed by atoms with E-state index in [1.165, 1.54) is 14.1 Å². The van der Waals surface area contributed by atoms with Crippen LogP contribution in [-0.2, 0) is 40.1 Å². The molecule has 0 saturated carbocycles. The van der Waals surface area contributed by atoms with Crippen LogP contribution in [0.15, 0.2) is 29.3 Å². The molecule has 0 aliphatic carbocycles. The third kappa shape index (κ3) is 6.19. The third-order valence-corrected chi connectivity index (χ3v) is 7.36. The lowest BCUT2D eigenvalue weighted by Gasteiger charge is -2.21. The van der Waals surface area contributed by atoms with Gasteiger partial charge in [0.05, 0.1) is 29.5 Å². The molecule has 1 aromatic heterocycles. The lowest BCUT2D eigenvalue weighted by molar-refractivity contribution is -0.137. The van der Waals surface area contributed by atoms with Crippen molar-refractivity contribution >= 4 is 21.8 Å². The van der Waals surface area contributed by atoms with Crippen molar-refractivity contribution in [3.8, 4) is 0 Å². The third-order valence-electron chi connectivity index (χ3n) is 5.92. The number of alkyl halides is 3. The molecule has 2 aromatic rings. The number of carbonyl (C=O) groups is 1. The summed E-state index contributed by atoms with van der Waals surface area (Å²) in [6, 6.07) is 3.95. The Morgan fingerprint density at radius 1 is 1.22 bits per heavy atom. The van der Waals surface area contributed by atoms with E-state index in [1.807, 2.05) is 32.5 Å². The van der Waals surface area contributed by atoms with Gasteiger partial charge in [-0.05, 0) is 31.0 Å². The molecule has 13 heteroatoms. The summed E-state index contributed by atoms with van der Waals surface area (Å²) in [6.45, 7) is 7.01. The number of carbonyl (C=O) groups excluding carboxylic acids is 1. The average molecular weight is 532 g/mol. The fourth-order valence-corrected chi connectivity index (χ4v) is 4.58. The van der Waals surface area contributed by atoms with E-state index in [-0.39, 0.29) is 22.7 Å². The maximum Gasteiger partial charge on any atom is 0.416 e. The molecule has 1 fully saturated rings. The minimum atomic E-state index is -4.74. The van der Waals surface area contributed by atoms with Crippen LogP contribution in [0.5, 0.6) is 0 Å². The summed E-state index contributed by atoms with van der Waals surface area (Å²) in [5, 5.41) is 0. The van der Waals surface area contributed by atoms with E-state index in [0.717, 1.165) is 28.9 Å². The minimum Gasteiger partial charge on any atom is -0.376 e. The Kier molecular flexibility index (Phi) is 7.78. The summed E-state index contributed by atoms with van der Waals surface area (Å²) < 4.78 is 77.3. The van der Waals surface area contributed by atoms with Crippen LogP contribution in [-0.4, -0.2) is 54.8 Å². The van der Waals surface area contributed by atoms with Crippen molar-refractivity contribution in [2.75, 3.05) is 25.4 Å². The number of amides is 1. The molecule has 1 aromatic carbocycles. The van der Waals surface area contributed by atoms with E-state index in [2.05, 4.69) is 9.71 Å². The van der Waals surface area contributed by atoms with E-state index in [1.54, 1.807) is 10.7 Å². The Morgan fingerprint density at radius 3 is 2.42 bits per heavy atom. The lowest BCUT2D eigenvalue weighted by Crippen LogP contribution is -2.31. The smallest absolute Gasteiger partial charge is 0.376 e. The quantitative estimate of drug-likeness (QED) is 0.619. The first kappa shape index (κ1) is 27.9. The minimum absolute atomic E-state index is 0.0866. The van der Waals surface area contributed by atoms with Gasteiger partial charge in [0.15, 0.2) is 5.49 Å². The molecule has 0 unspecified atom stereocenters. The van der Waals surface area contributed by atoms with Gasteiger partial charge in [-0.3, -0.25) is 18.9 Å². The van der Waals surface area contributed by atoms with Gasteiger partial charge < -0.3 is 4.74 Å². The zero-order chi connectivity index (χ0) is 27.1. The highest BCUT2D eigenvalue weighted by atomic mass is 32.2. The Hall–Kier alpha value is -2.64. The fraction of sp³-hybridized carbons (Fsp3) is 0.565. The van der Waals surface area contributed by atoms with Crippen molar-refractivity contribution in [3.63, 3.8) is 0 Å². The zero-order valence-corrected chi connectivity index (χ0v) is 22.0. The summed E-state index contributed by atoms with van der Waals surface area (Å²) in [7, 11) is 0.236. The van der Waals surface area contributed by atoms with Gasteiger partial charge >= 0.3 is 16.4 Å². The summed E-state index contributed by atoms with van der Waals surface area (Å²) in [5.74, 6) is -1.01. The summed E-state index contributed by atoms with van der Waals surface area (Å²) in [5.41, 5.74) is -1.13. The molecular weight excluding hydrogens is 499 g/mol. The van der Waals surface area contributed by atoms with Crippen LogP contribution in [0.3, 0.4) is 0 Å². The van der Waals surface area contributed by atoms with E-state index in [0.29, 0.717) is 25.3 Å². The fourth-order valence-electron chi connectivity index (χ4n) is 3.94. The number of halogens is 3. The van der Waals surface area contributed by atoms with Gasteiger partial charge in [-0.15, -0.1) is 0 Å². The first-order valence-corrected chi connectivity index (χ1v) is 12.8. The van der Waals surface area contributed by atoms with Gasteiger partial charge in [0, 0.05) is 44.9 Å². The van der Waals surface area contributed by atoms with Crippen LogP contribution in [0, 0.1) is 0 Å². The first-order valence-electron chi connectivity index (χ1n) is 11.4. The molecule has 1 atom stereocenters. The standard InChI is InChI=1S/C23H32F3N5O4S/c1-22(2,3)19-13-20(31(30(19)6)14-16-8-7-11-35-16)27-21(32)17-12-15(23(24,25)26)9-10-18(17)28-36(33,34)29(4)5/h9-10,12-13,16,28H,7-8,11,14H2,1-6H3/t16-/m1/s1. The monoisotopic (exact) mass is 531 g/mol. The van der Waals surface area contributed by atoms with Crippen LogP contribution in [0.25, 0.3) is 0 Å². The highest BCUT2D eigenvalue weighted by molar-refractivity contribution is 7.90. The van der Waals surface area contributed by atoms with Crippen LogP contribution in [0.2, 0.25) is 0 Å². The molecule has 0 spiro atoms. The lowest BCUT2D eigenvalue weighted by atomic mass is 9.92. The second-order valence-electron chi connectivity index (χ2n) is 9.94. The number of nitrogens with one attached hydrogen (secondary N) is 1. The predicted octanol–water partition coefficient (Wildman–Crippen LogP) is 3.28. The Labute approximate surface area is 208 Å². The van der Waals surface area contributed by atoms with Gasteiger partial charge in [-0.25, -0.2) is 0 Å². The predicted molar refractivity (Wildman–Crippen MR) is 129 cm³/mol. The van der Waals surface area contributed by atoms with Gasteiger partial charge in [-0.2, -0.15) is 30.9 Å². The number of hydrogen-bond acceptors (Lipinski definition) is 4. The second-order valence-corrected chi connectivity index (χ2v) is 11.8. The van der Waals surface area contributed by atoms with Gasteiger partial charge in [0.25, 0.3) is 5.91 Å². The molecule has 1 amide bonds. The highest BCUT2D eigenvalue weighted by Gasteiger charge is 2.32. The normalized spacial score (nSPS) is 17.7. The molecule has 2 heterocycles. The topological polar surface area (TPSA) is 97.9 Å². The molecule has 1 aliphatic heterocycles. The number of ether oxygens (including phenoxy) is 1. The average Bonchev–Trinajstić information content (AvgIpc) is 3.36. The Bertz CT molecular complexity index is 1300. The second kappa shape index (κ2) is 10.0. The molecule has 1 saturated heterocycles. The molecule has 1 aliphatic rings. The molecule has 3 rings (SSSR count). The maximum absolute atomic E-state index is 13.4. The number of nitrogens with zero attached hydrogens (tertiary/aromatic N) is 4. The largest absolute Gasteiger partial charge is 0.416 e. The maximum atomic E-state index is 13.4. The van der Waals surface area contributed by atoms with Gasteiger partial charge in [-0.1, -0.05) is 20.8 Å². The molecule has 200 valence electrons. The number of anilines is 1. The molecule has 0 bridgehead atoms. The summed E-state index contributed by atoms with van der Waals surface area (Å²) in [4.78, 5) is 17.5. The van der Waals surface area contributed by atoms with Gasteiger partial charge in [0.2, 0.25) is 0 Å². The number of benzene rings is 1. The van der Waals surface area contributed by atoms with Gasteiger partial charge in [0.1, 0.15) is 0 Å². The highest BCUT2D eigenvalue weighted by Crippen LogP contribution is 2.32. The number of rotatable bonds is 6. The molecular formula is C23H32F3N5O4S. The number of hydrogen-bond donors (Lipinski definition) is 1. The van der Waals surface area contributed by atoms with Crippen LogP contribution in [0.4, 0.5) is 18.9 Å². The first-order chi connectivity index (χ1) is 16.5. The Balaban J connectivity index is 2.17. The molecule has 0 radical (unpaired) electrons. The van der Waals surface area contributed by atoms with E-state index in [4.69, 9.17) is 4.74 Å². The van der Waals surface area contributed by atoms with Crippen molar-refractivity contribution in [2.24, 2.45) is 12.0 Å². The van der Waals surface area contributed by atoms with E-state index >= 15 is 0 Å².